The zero-order valence-electron chi connectivity index (χ0n) is 8.63. The summed E-state index contributed by atoms with van der Waals surface area (Å²) in [5, 5.41) is 0. The van der Waals surface area contributed by atoms with E-state index in [0.29, 0.717) is 11.7 Å². The van der Waals surface area contributed by atoms with Crippen molar-refractivity contribution < 1.29 is 9.53 Å². The molecule has 0 unspecified atom stereocenters. The summed E-state index contributed by atoms with van der Waals surface area (Å²) in [4.78, 5) is 11.8. The first kappa shape index (κ1) is 9.75. The molecule has 2 heteroatoms. The van der Waals surface area contributed by atoms with Gasteiger partial charge in [0.05, 0.1) is 12.9 Å². The standard InChI is InChI=1S/C12H18O2/c13-12(8-10-4-1-2-5-10)11-6-3-7-14-9-11/h9-10H,1-8H2. The average molecular weight is 194 g/mol. The zero-order chi connectivity index (χ0) is 9.80. The molecule has 0 aromatic heterocycles. The third-order valence-corrected chi connectivity index (χ3v) is 3.24. The monoisotopic (exact) mass is 194 g/mol. The molecule has 0 aromatic rings. The Kier molecular flexibility index (Phi) is 3.22. The van der Waals surface area contributed by atoms with Gasteiger partial charge in [0.25, 0.3) is 0 Å². The minimum atomic E-state index is 0.330. The van der Waals surface area contributed by atoms with Crippen molar-refractivity contribution in [3.63, 3.8) is 0 Å². The van der Waals surface area contributed by atoms with Gasteiger partial charge in [-0.1, -0.05) is 25.7 Å². The molecule has 1 aliphatic carbocycles. The van der Waals surface area contributed by atoms with E-state index >= 15 is 0 Å². The first-order valence-corrected chi connectivity index (χ1v) is 5.70. The molecule has 0 aromatic carbocycles. The third kappa shape index (κ3) is 2.37. The van der Waals surface area contributed by atoms with Crippen molar-refractivity contribution in [1.29, 1.82) is 0 Å². The molecule has 0 radical (unpaired) electrons. The number of carbonyl (C=O) groups is 1. The highest BCUT2D eigenvalue weighted by atomic mass is 16.5. The lowest BCUT2D eigenvalue weighted by Crippen LogP contribution is -2.12. The second kappa shape index (κ2) is 4.63. The fraction of sp³-hybridized carbons (Fsp3) is 0.750. The van der Waals surface area contributed by atoms with E-state index in [1.807, 2.05) is 0 Å². The Labute approximate surface area is 85.3 Å². The number of hydrogen-bond donors (Lipinski definition) is 0. The van der Waals surface area contributed by atoms with Crippen molar-refractivity contribution >= 4 is 5.78 Å². The van der Waals surface area contributed by atoms with E-state index in [2.05, 4.69) is 0 Å². The summed E-state index contributed by atoms with van der Waals surface area (Å²) >= 11 is 0. The smallest absolute Gasteiger partial charge is 0.162 e. The third-order valence-electron chi connectivity index (χ3n) is 3.24. The zero-order valence-corrected chi connectivity index (χ0v) is 8.63. The maximum atomic E-state index is 11.8. The maximum absolute atomic E-state index is 11.8. The van der Waals surface area contributed by atoms with Gasteiger partial charge in [-0.15, -0.1) is 0 Å². The van der Waals surface area contributed by atoms with Gasteiger partial charge in [0.15, 0.2) is 5.78 Å². The number of ether oxygens (including phenoxy) is 1. The Morgan fingerprint density at radius 3 is 2.79 bits per heavy atom. The predicted molar refractivity (Wildman–Crippen MR) is 54.9 cm³/mol. The number of Topliss-reactive ketones (excluding diaryl/α,β-unsaturated/α-hetero) is 1. The van der Waals surface area contributed by atoms with Gasteiger partial charge >= 0.3 is 0 Å². The molecule has 0 atom stereocenters. The number of allylic oxidation sites excluding steroid dienone is 1. The Hall–Kier alpha value is -0.790. The van der Waals surface area contributed by atoms with Gasteiger partial charge in [-0.3, -0.25) is 4.79 Å². The van der Waals surface area contributed by atoms with Crippen molar-refractivity contribution in [3.8, 4) is 0 Å². The minimum Gasteiger partial charge on any atom is -0.501 e. The van der Waals surface area contributed by atoms with Crippen LogP contribution in [-0.4, -0.2) is 12.4 Å². The van der Waals surface area contributed by atoms with Crippen LogP contribution in [0.1, 0.15) is 44.9 Å². The molecule has 0 N–H and O–H groups in total. The van der Waals surface area contributed by atoms with Gasteiger partial charge in [-0.25, -0.2) is 0 Å². The molecule has 1 saturated carbocycles. The quantitative estimate of drug-likeness (QED) is 0.690. The van der Waals surface area contributed by atoms with Crippen LogP contribution in [0.5, 0.6) is 0 Å². The molecule has 0 saturated heterocycles. The normalized spacial score (nSPS) is 23.0. The first-order chi connectivity index (χ1) is 6.86. The van der Waals surface area contributed by atoms with Crippen LogP contribution < -0.4 is 0 Å². The molecule has 14 heavy (non-hydrogen) atoms. The van der Waals surface area contributed by atoms with Crippen molar-refractivity contribution in [2.75, 3.05) is 6.61 Å². The Morgan fingerprint density at radius 2 is 2.14 bits per heavy atom. The highest BCUT2D eigenvalue weighted by Crippen LogP contribution is 2.29. The lowest BCUT2D eigenvalue weighted by molar-refractivity contribution is -0.116. The molecule has 2 aliphatic rings. The summed E-state index contributed by atoms with van der Waals surface area (Å²) in [6.07, 6.45) is 9.49. The van der Waals surface area contributed by atoms with E-state index in [1.165, 1.54) is 25.7 Å². The lowest BCUT2D eigenvalue weighted by atomic mass is 9.95. The highest BCUT2D eigenvalue weighted by molar-refractivity contribution is 5.95. The average Bonchev–Trinajstić information content (AvgIpc) is 2.72. The summed E-state index contributed by atoms with van der Waals surface area (Å²) in [5.74, 6) is 0.988. The van der Waals surface area contributed by atoms with E-state index in [9.17, 15) is 4.79 Å². The van der Waals surface area contributed by atoms with Crippen molar-refractivity contribution in [2.24, 2.45) is 5.92 Å². The van der Waals surface area contributed by atoms with Crippen LogP contribution in [0.4, 0.5) is 0 Å². The largest absolute Gasteiger partial charge is 0.501 e. The van der Waals surface area contributed by atoms with Crippen LogP contribution >= 0.6 is 0 Å². The van der Waals surface area contributed by atoms with Crippen LogP contribution in [0.15, 0.2) is 11.8 Å². The summed E-state index contributed by atoms with van der Waals surface area (Å²) in [7, 11) is 0. The van der Waals surface area contributed by atoms with Gasteiger partial charge < -0.3 is 4.74 Å². The Balaban J connectivity index is 1.84. The number of hydrogen-bond acceptors (Lipinski definition) is 2. The minimum absolute atomic E-state index is 0.330. The number of ketones is 1. The predicted octanol–water partition coefficient (Wildman–Crippen LogP) is 2.83. The molecule has 0 bridgehead atoms. The van der Waals surface area contributed by atoms with Crippen LogP contribution in [-0.2, 0) is 9.53 Å². The summed E-state index contributed by atoms with van der Waals surface area (Å²) in [5.41, 5.74) is 0.920. The van der Waals surface area contributed by atoms with Crippen molar-refractivity contribution in [3.05, 3.63) is 11.8 Å². The van der Waals surface area contributed by atoms with Gasteiger partial charge in [-0.2, -0.15) is 0 Å². The lowest BCUT2D eigenvalue weighted by Gasteiger charge is -2.14. The Bertz CT molecular complexity index is 237. The van der Waals surface area contributed by atoms with E-state index in [4.69, 9.17) is 4.74 Å². The van der Waals surface area contributed by atoms with E-state index < -0.39 is 0 Å². The second-order valence-electron chi connectivity index (χ2n) is 4.40. The van der Waals surface area contributed by atoms with E-state index in [0.717, 1.165) is 31.4 Å². The molecular formula is C12H18O2. The van der Waals surface area contributed by atoms with E-state index in [-0.39, 0.29) is 0 Å². The Morgan fingerprint density at radius 1 is 1.36 bits per heavy atom. The molecule has 1 aliphatic heterocycles. The van der Waals surface area contributed by atoms with Crippen LogP contribution in [0, 0.1) is 5.92 Å². The molecule has 1 heterocycles. The van der Waals surface area contributed by atoms with E-state index in [1.54, 1.807) is 6.26 Å². The number of carbonyl (C=O) groups excluding carboxylic acids is 1. The highest BCUT2D eigenvalue weighted by Gasteiger charge is 2.21. The fourth-order valence-electron chi connectivity index (χ4n) is 2.38. The van der Waals surface area contributed by atoms with Crippen LogP contribution in [0.3, 0.4) is 0 Å². The maximum Gasteiger partial charge on any atom is 0.162 e. The summed E-state index contributed by atoms with van der Waals surface area (Å²) < 4.78 is 5.18. The van der Waals surface area contributed by atoms with Gasteiger partial charge in [-0.05, 0) is 18.8 Å². The fourth-order valence-corrected chi connectivity index (χ4v) is 2.38. The molecule has 0 spiro atoms. The van der Waals surface area contributed by atoms with Gasteiger partial charge in [0.1, 0.15) is 0 Å². The molecule has 2 rings (SSSR count). The van der Waals surface area contributed by atoms with Crippen LogP contribution in [0.25, 0.3) is 0 Å². The summed E-state index contributed by atoms with van der Waals surface area (Å²) in [6, 6.07) is 0. The molecular weight excluding hydrogens is 176 g/mol. The second-order valence-corrected chi connectivity index (χ2v) is 4.40. The molecule has 2 nitrogen and oxygen atoms in total. The molecule has 78 valence electrons. The number of rotatable bonds is 3. The van der Waals surface area contributed by atoms with Crippen molar-refractivity contribution in [1.82, 2.24) is 0 Å². The summed E-state index contributed by atoms with van der Waals surface area (Å²) in [6.45, 7) is 0.778. The first-order valence-electron chi connectivity index (χ1n) is 5.70. The van der Waals surface area contributed by atoms with Gasteiger partial charge in [0, 0.05) is 12.0 Å². The SMILES string of the molecule is O=C(CC1CCCC1)C1=COCCC1. The van der Waals surface area contributed by atoms with Crippen molar-refractivity contribution in [2.45, 2.75) is 44.9 Å². The molecule has 0 amide bonds. The van der Waals surface area contributed by atoms with Crippen LogP contribution in [0.2, 0.25) is 0 Å². The van der Waals surface area contributed by atoms with Gasteiger partial charge in [0.2, 0.25) is 0 Å². The molecule has 1 fully saturated rings. The topological polar surface area (TPSA) is 26.3 Å².